The number of benzene rings is 1. The molecule has 1 fully saturated rings. The Kier molecular flexibility index (Phi) is 3.91. The Morgan fingerprint density at radius 3 is 2.65 bits per heavy atom. The highest BCUT2D eigenvalue weighted by molar-refractivity contribution is 5.59. The second kappa shape index (κ2) is 5.33. The smallest absolute Gasteiger partial charge is 0.391 e. The third-order valence-corrected chi connectivity index (χ3v) is 3.69. The van der Waals surface area contributed by atoms with Gasteiger partial charge in [-0.1, -0.05) is 6.92 Å². The molecule has 1 aliphatic heterocycles. The highest BCUT2D eigenvalue weighted by atomic mass is 19.4. The first-order valence-corrected chi connectivity index (χ1v) is 6.37. The average Bonchev–Trinajstić information content (AvgIpc) is 2.40. The van der Waals surface area contributed by atoms with Crippen molar-refractivity contribution in [2.75, 3.05) is 18.0 Å². The second-order valence-electron chi connectivity index (χ2n) is 5.12. The topological polar surface area (TPSA) is 47.3 Å². The van der Waals surface area contributed by atoms with Gasteiger partial charge >= 0.3 is 6.18 Å². The number of piperidine rings is 1. The molecule has 1 aromatic rings. The van der Waals surface area contributed by atoms with Crippen LogP contribution in [0.1, 0.15) is 24.5 Å². The summed E-state index contributed by atoms with van der Waals surface area (Å²) in [6.45, 7) is 2.47. The van der Waals surface area contributed by atoms with Crippen LogP contribution in [-0.2, 0) is 6.18 Å². The molecule has 0 saturated carbocycles. The standard InChI is InChI=1S/C14H15F3N2O/c1-9-4-5-19(8-13(9)20)12-6-10(7-18)2-3-11(12)14(15,16)17/h2-3,6,9,13,20H,4-5,8H2,1H3/t9-,13-/m0/s1. The number of aliphatic hydroxyl groups excluding tert-OH is 1. The Balaban J connectivity index is 2.41. The summed E-state index contributed by atoms with van der Waals surface area (Å²) in [5.41, 5.74) is -0.609. The maximum atomic E-state index is 13.0. The van der Waals surface area contributed by atoms with Crippen molar-refractivity contribution in [1.82, 2.24) is 0 Å². The predicted octanol–water partition coefficient (Wildman–Crippen LogP) is 2.78. The van der Waals surface area contributed by atoms with Crippen molar-refractivity contribution < 1.29 is 18.3 Å². The Morgan fingerprint density at radius 2 is 2.10 bits per heavy atom. The molecule has 0 unspecified atom stereocenters. The molecule has 2 rings (SSSR count). The summed E-state index contributed by atoms with van der Waals surface area (Å²) in [5.74, 6) is 0.0692. The molecule has 0 amide bonds. The van der Waals surface area contributed by atoms with Crippen LogP contribution in [0.4, 0.5) is 18.9 Å². The number of nitrogens with zero attached hydrogens (tertiary/aromatic N) is 2. The number of rotatable bonds is 1. The van der Waals surface area contributed by atoms with Crippen LogP contribution < -0.4 is 4.90 Å². The van der Waals surface area contributed by atoms with Gasteiger partial charge in [0.25, 0.3) is 0 Å². The first-order chi connectivity index (χ1) is 9.32. The lowest BCUT2D eigenvalue weighted by molar-refractivity contribution is -0.137. The van der Waals surface area contributed by atoms with E-state index in [0.717, 1.165) is 12.1 Å². The van der Waals surface area contributed by atoms with E-state index in [1.165, 1.54) is 11.0 Å². The molecule has 0 spiro atoms. The minimum absolute atomic E-state index is 0.0255. The van der Waals surface area contributed by atoms with Gasteiger partial charge in [-0.2, -0.15) is 18.4 Å². The Bertz CT molecular complexity index is 536. The van der Waals surface area contributed by atoms with Gasteiger partial charge in [0.1, 0.15) is 0 Å². The fourth-order valence-corrected chi connectivity index (χ4v) is 2.37. The number of aliphatic hydroxyl groups is 1. The quantitative estimate of drug-likeness (QED) is 0.862. The zero-order valence-corrected chi connectivity index (χ0v) is 11.0. The van der Waals surface area contributed by atoms with Crippen LogP contribution >= 0.6 is 0 Å². The van der Waals surface area contributed by atoms with E-state index >= 15 is 0 Å². The average molecular weight is 284 g/mol. The van der Waals surface area contributed by atoms with E-state index in [-0.39, 0.29) is 23.7 Å². The van der Waals surface area contributed by atoms with Gasteiger partial charge in [0.2, 0.25) is 0 Å². The molecule has 6 heteroatoms. The normalized spacial score (nSPS) is 23.5. The fourth-order valence-electron chi connectivity index (χ4n) is 2.37. The lowest BCUT2D eigenvalue weighted by Crippen LogP contribution is -2.43. The van der Waals surface area contributed by atoms with Crippen LogP contribution in [0.3, 0.4) is 0 Å². The maximum absolute atomic E-state index is 13.0. The van der Waals surface area contributed by atoms with Gasteiger partial charge in [-0.05, 0) is 30.5 Å². The van der Waals surface area contributed by atoms with Gasteiger partial charge in [-0.25, -0.2) is 0 Å². The first-order valence-electron chi connectivity index (χ1n) is 6.37. The number of halogens is 3. The van der Waals surface area contributed by atoms with Crippen LogP contribution in [0.2, 0.25) is 0 Å². The van der Waals surface area contributed by atoms with Gasteiger partial charge in [-0.3, -0.25) is 0 Å². The van der Waals surface area contributed by atoms with Gasteiger partial charge < -0.3 is 10.0 Å². The summed E-state index contributed by atoms with van der Waals surface area (Å²) < 4.78 is 39.1. The van der Waals surface area contributed by atoms with Crippen molar-refractivity contribution in [2.24, 2.45) is 5.92 Å². The zero-order chi connectivity index (χ0) is 14.9. The van der Waals surface area contributed by atoms with Crippen molar-refractivity contribution in [2.45, 2.75) is 25.6 Å². The molecule has 2 atom stereocenters. The van der Waals surface area contributed by atoms with Gasteiger partial charge in [-0.15, -0.1) is 0 Å². The minimum atomic E-state index is -4.47. The van der Waals surface area contributed by atoms with Crippen LogP contribution in [0.15, 0.2) is 18.2 Å². The summed E-state index contributed by atoms with van der Waals surface area (Å²) in [4.78, 5) is 1.51. The Labute approximate surface area is 115 Å². The van der Waals surface area contributed by atoms with Gasteiger partial charge in [0.15, 0.2) is 0 Å². The highest BCUT2D eigenvalue weighted by Crippen LogP contribution is 2.38. The van der Waals surface area contributed by atoms with E-state index in [9.17, 15) is 18.3 Å². The zero-order valence-electron chi connectivity index (χ0n) is 11.0. The number of alkyl halides is 3. The monoisotopic (exact) mass is 284 g/mol. The lowest BCUT2D eigenvalue weighted by atomic mass is 9.95. The second-order valence-corrected chi connectivity index (χ2v) is 5.12. The molecule has 1 heterocycles. The molecule has 1 aromatic carbocycles. The predicted molar refractivity (Wildman–Crippen MR) is 68.2 cm³/mol. The molecule has 1 saturated heterocycles. The summed E-state index contributed by atoms with van der Waals surface area (Å²) in [6, 6.07) is 5.18. The van der Waals surface area contributed by atoms with Crippen molar-refractivity contribution in [3.63, 3.8) is 0 Å². The number of hydrogen-bond donors (Lipinski definition) is 1. The molecule has 0 aliphatic carbocycles. The third-order valence-electron chi connectivity index (χ3n) is 3.69. The number of nitriles is 1. The van der Waals surface area contributed by atoms with Crippen LogP contribution in [0.5, 0.6) is 0 Å². The molecule has 1 N–H and O–H groups in total. The first kappa shape index (κ1) is 14.7. The minimum Gasteiger partial charge on any atom is -0.391 e. The number of anilines is 1. The molecule has 0 aromatic heterocycles. The molecule has 0 bridgehead atoms. The van der Waals surface area contributed by atoms with Crippen molar-refractivity contribution in [3.8, 4) is 6.07 Å². The molecular formula is C14H15F3N2O. The van der Waals surface area contributed by atoms with Crippen LogP contribution in [0, 0.1) is 17.2 Å². The molecule has 108 valence electrons. The summed E-state index contributed by atoms with van der Waals surface area (Å²) >= 11 is 0. The molecular weight excluding hydrogens is 269 g/mol. The van der Waals surface area contributed by atoms with E-state index in [0.29, 0.717) is 13.0 Å². The van der Waals surface area contributed by atoms with Crippen molar-refractivity contribution >= 4 is 5.69 Å². The summed E-state index contributed by atoms with van der Waals surface area (Å²) in [6.07, 6.45) is -4.51. The fraction of sp³-hybridized carbons (Fsp3) is 0.500. The summed E-state index contributed by atoms with van der Waals surface area (Å²) in [7, 11) is 0. The highest BCUT2D eigenvalue weighted by Gasteiger charge is 2.36. The van der Waals surface area contributed by atoms with E-state index in [2.05, 4.69) is 0 Å². The van der Waals surface area contributed by atoms with E-state index in [1.807, 2.05) is 13.0 Å². The van der Waals surface area contributed by atoms with Crippen molar-refractivity contribution in [1.29, 1.82) is 5.26 Å². The van der Waals surface area contributed by atoms with Gasteiger partial charge in [0, 0.05) is 13.1 Å². The largest absolute Gasteiger partial charge is 0.418 e. The number of β-amino-alcohol motifs (C(OH)–C–C–N with tert-alkyl or cyclic N) is 1. The lowest BCUT2D eigenvalue weighted by Gasteiger charge is -2.37. The van der Waals surface area contributed by atoms with E-state index in [4.69, 9.17) is 5.26 Å². The Hall–Kier alpha value is -1.74. The third kappa shape index (κ3) is 2.88. The molecule has 1 aliphatic rings. The maximum Gasteiger partial charge on any atom is 0.418 e. The molecule has 3 nitrogen and oxygen atoms in total. The van der Waals surface area contributed by atoms with Gasteiger partial charge in [0.05, 0.1) is 29.0 Å². The van der Waals surface area contributed by atoms with E-state index < -0.39 is 17.8 Å². The van der Waals surface area contributed by atoms with E-state index in [1.54, 1.807) is 0 Å². The molecule has 20 heavy (non-hydrogen) atoms. The van der Waals surface area contributed by atoms with Crippen molar-refractivity contribution in [3.05, 3.63) is 29.3 Å². The van der Waals surface area contributed by atoms with Crippen LogP contribution in [0.25, 0.3) is 0 Å². The SMILES string of the molecule is C[C@H]1CCN(c2cc(C#N)ccc2C(F)(F)F)C[C@@H]1O. The summed E-state index contributed by atoms with van der Waals surface area (Å²) in [5, 5.41) is 18.7. The Morgan fingerprint density at radius 1 is 1.40 bits per heavy atom. The molecule has 0 radical (unpaired) electrons. The van der Waals surface area contributed by atoms with Crippen LogP contribution in [-0.4, -0.2) is 24.3 Å². The number of hydrogen-bond acceptors (Lipinski definition) is 3.